The molecule has 0 saturated carbocycles. The maximum atomic E-state index is 13.5. The van der Waals surface area contributed by atoms with Crippen LogP contribution in [0.15, 0.2) is 0 Å². The lowest BCUT2D eigenvalue weighted by molar-refractivity contribution is -0.274. The summed E-state index contributed by atoms with van der Waals surface area (Å²) in [5.74, 6) is -11.5. The second-order valence-electron chi connectivity index (χ2n) is 5.12. The van der Waals surface area contributed by atoms with E-state index in [9.17, 15) is 39.5 Å². The summed E-state index contributed by atoms with van der Waals surface area (Å²) >= 11 is 0. The molecule has 1 rings (SSSR count). The van der Waals surface area contributed by atoms with Gasteiger partial charge in [0.25, 0.3) is 6.43 Å². The fourth-order valence-electron chi connectivity index (χ4n) is 2.09. The summed E-state index contributed by atoms with van der Waals surface area (Å²) in [5, 5.41) is 0. The van der Waals surface area contributed by atoms with Crippen LogP contribution in [0.5, 0.6) is 0 Å². The van der Waals surface area contributed by atoms with E-state index >= 15 is 0 Å². The van der Waals surface area contributed by atoms with Crippen LogP contribution in [-0.2, 0) is 4.43 Å². The van der Waals surface area contributed by atoms with Gasteiger partial charge in [0.05, 0.1) is 0 Å². The number of hydrogen-bond acceptors (Lipinski definition) is 1. The van der Waals surface area contributed by atoms with Crippen molar-refractivity contribution < 1.29 is 43.9 Å². The van der Waals surface area contributed by atoms with Gasteiger partial charge in [0.2, 0.25) is 6.17 Å². The highest BCUT2D eigenvalue weighted by atomic mass is 28.3. The second-order valence-corrected chi connectivity index (χ2v) is 7.74. The Morgan fingerprint density at radius 2 is 1.50 bits per heavy atom. The Labute approximate surface area is 122 Å². The third-order valence-corrected chi connectivity index (χ3v) is 6.15. The van der Waals surface area contributed by atoms with Gasteiger partial charge < -0.3 is 4.43 Å². The van der Waals surface area contributed by atoms with Crippen molar-refractivity contribution in [3.05, 3.63) is 0 Å². The van der Waals surface area contributed by atoms with Crippen molar-refractivity contribution in [1.82, 2.24) is 0 Å². The summed E-state index contributed by atoms with van der Waals surface area (Å²) in [4.78, 5) is 0. The van der Waals surface area contributed by atoms with Gasteiger partial charge in [0.1, 0.15) is 0 Å². The molecule has 1 aliphatic heterocycles. The van der Waals surface area contributed by atoms with E-state index in [1.54, 1.807) is 0 Å². The van der Waals surface area contributed by atoms with Gasteiger partial charge in [0.15, 0.2) is 21.4 Å². The van der Waals surface area contributed by atoms with Crippen molar-refractivity contribution in [2.24, 2.45) is 0 Å². The van der Waals surface area contributed by atoms with Crippen molar-refractivity contribution in [3.8, 4) is 0 Å². The smallest absolute Gasteiger partial charge is 0.346 e. The first kappa shape index (κ1) is 19.6. The molecule has 1 fully saturated rings. The molecule has 22 heavy (non-hydrogen) atoms. The number of alkyl halides is 9. The average molecular weight is 362 g/mol. The Balaban J connectivity index is 2.79. The Morgan fingerprint density at radius 1 is 0.909 bits per heavy atom. The lowest BCUT2D eigenvalue weighted by atomic mass is 10.00. The summed E-state index contributed by atoms with van der Waals surface area (Å²) in [5.41, 5.74) is 0. The highest BCUT2D eigenvalue weighted by Gasteiger charge is 2.69. The zero-order valence-corrected chi connectivity index (χ0v) is 12.4. The molecular formula is C11H15F9OSi. The molecule has 1 aliphatic rings. The van der Waals surface area contributed by atoms with Gasteiger partial charge in [-0.15, -0.1) is 0 Å². The molecule has 0 aromatic carbocycles. The van der Waals surface area contributed by atoms with Crippen LogP contribution in [0.1, 0.15) is 12.8 Å². The number of rotatable bonds is 7. The van der Waals surface area contributed by atoms with Crippen LogP contribution in [0.2, 0.25) is 12.1 Å². The Kier molecular flexibility index (Phi) is 6.60. The molecule has 132 valence electrons. The fraction of sp³-hybridized carbons (Fsp3) is 1.00. The van der Waals surface area contributed by atoms with E-state index in [4.69, 9.17) is 4.43 Å². The van der Waals surface area contributed by atoms with Gasteiger partial charge in [-0.3, -0.25) is 0 Å². The van der Waals surface area contributed by atoms with Crippen molar-refractivity contribution in [1.29, 1.82) is 0 Å². The third-order valence-electron chi connectivity index (χ3n) is 3.45. The standard InChI is InChI=1S/C11H15F9OSi/c12-6(5-22-4-2-1-3-21-22)10(17,18)11(19,20)8(14)7(13)9(15)16/h6-9,22H,1-5H2. The summed E-state index contributed by atoms with van der Waals surface area (Å²) < 4.78 is 121. The zero-order valence-electron chi connectivity index (χ0n) is 11.2. The fourth-order valence-corrected chi connectivity index (χ4v) is 4.63. The van der Waals surface area contributed by atoms with E-state index in [0.717, 1.165) is 0 Å². The molecule has 0 aromatic heterocycles. The molecule has 0 amide bonds. The number of halogens is 9. The van der Waals surface area contributed by atoms with E-state index in [1.165, 1.54) is 0 Å². The molecule has 0 aromatic rings. The molecule has 0 aliphatic carbocycles. The molecule has 0 N–H and O–H groups in total. The van der Waals surface area contributed by atoms with E-state index < -0.39 is 51.9 Å². The minimum absolute atomic E-state index is 0.204. The Hall–Kier alpha value is -0.453. The second kappa shape index (κ2) is 7.41. The highest BCUT2D eigenvalue weighted by Crippen LogP contribution is 2.45. The van der Waals surface area contributed by atoms with Gasteiger partial charge in [-0.25, -0.2) is 22.0 Å². The summed E-state index contributed by atoms with van der Waals surface area (Å²) in [6, 6.07) is -0.717. The topological polar surface area (TPSA) is 9.23 Å². The van der Waals surface area contributed by atoms with Crippen LogP contribution in [0, 0.1) is 0 Å². The predicted molar refractivity (Wildman–Crippen MR) is 62.5 cm³/mol. The maximum absolute atomic E-state index is 13.5. The van der Waals surface area contributed by atoms with Gasteiger partial charge in [-0.05, 0) is 12.5 Å². The monoisotopic (exact) mass is 362 g/mol. The van der Waals surface area contributed by atoms with E-state index in [1.807, 2.05) is 0 Å². The molecular weight excluding hydrogens is 347 g/mol. The lowest BCUT2D eigenvalue weighted by Crippen LogP contribution is -2.57. The molecule has 1 nitrogen and oxygen atoms in total. The quantitative estimate of drug-likeness (QED) is 0.490. The van der Waals surface area contributed by atoms with Crippen LogP contribution in [-0.4, -0.2) is 52.4 Å². The average Bonchev–Trinajstić information content (AvgIpc) is 2.46. The summed E-state index contributed by atoms with van der Waals surface area (Å²) in [6.45, 7) is 0.204. The molecule has 1 heterocycles. The first-order chi connectivity index (χ1) is 10.0. The third kappa shape index (κ3) is 4.09. The SMILES string of the molecule is FC(F)C(F)C(F)C(F)(F)C(F)(F)C(F)C[SiH]1CCCCO1. The minimum Gasteiger partial charge on any atom is -0.420 e. The summed E-state index contributed by atoms with van der Waals surface area (Å²) in [6.07, 6.45) is -15.1. The first-order valence-electron chi connectivity index (χ1n) is 6.59. The molecule has 4 unspecified atom stereocenters. The molecule has 0 bridgehead atoms. The van der Waals surface area contributed by atoms with Gasteiger partial charge in [-0.1, -0.05) is 6.42 Å². The Bertz CT molecular complexity index is 348. The van der Waals surface area contributed by atoms with Crippen LogP contribution in [0.25, 0.3) is 0 Å². The van der Waals surface area contributed by atoms with Gasteiger partial charge >= 0.3 is 11.8 Å². The van der Waals surface area contributed by atoms with Crippen molar-refractivity contribution in [3.63, 3.8) is 0 Å². The largest absolute Gasteiger partial charge is 0.420 e. The van der Waals surface area contributed by atoms with Gasteiger partial charge in [-0.2, -0.15) is 17.6 Å². The van der Waals surface area contributed by atoms with Crippen LogP contribution < -0.4 is 0 Å². The minimum atomic E-state index is -5.88. The predicted octanol–water partition coefficient (Wildman–Crippen LogP) is 4.07. The van der Waals surface area contributed by atoms with Crippen molar-refractivity contribution in [2.45, 2.75) is 61.7 Å². The molecule has 11 heteroatoms. The van der Waals surface area contributed by atoms with Crippen LogP contribution in [0.4, 0.5) is 39.5 Å². The van der Waals surface area contributed by atoms with E-state index in [0.29, 0.717) is 18.9 Å². The van der Waals surface area contributed by atoms with Crippen LogP contribution in [0.3, 0.4) is 0 Å². The maximum Gasteiger partial charge on any atom is 0.346 e. The van der Waals surface area contributed by atoms with E-state index in [2.05, 4.69) is 0 Å². The molecule has 1 saturated heterocycles. The molecule has 0 spiro atoms. The zero-order chi connectivity index (χ0) is 17.1. The Morgan fingerprint density at radius 3 is 1.95 bits per heavy atom. The van der Waals surface area contributed by atoms with Crippen LogP contribution >= 0.6 is 0 Å². The molecule has 0 radical (unpaired) electrons. The number of hydrogen-bond donors (Lipinski definition) is 0. The van der Waals surface area contributed by atoms with E-state index in [-0.39, 0.29) is 6.61 Å². The molecule has 4 atom stereocenters. The first-order valence-corrected chi connectivity index (χ1v) is 8.69. The highest BCUT2D eigenvalue weighted by molar-refractivity contribution is 6.52. The van der Waals surface area contributed by atoms with Crippen molar-refractivity contribution >= 4 is 9.04 Å². The lowest BCUT2D eigenvalue weighted by Gasteiger charge is -2.33. The van der Waals surface area contributed by atoms with Gasteiger partial charge in [0, 0.05) is 12.7 Å². The normalized spacial score (nSPS) is 25.1. The summed E-state index contributed by atoms with van der Waals surface area (Å²) in [7, 11) is -2.48. The van der Waals surface area contributed by atoms with Crippen molar-refractivity contribution in [2.75, 3.05) is 6.61 Å².